The number of piperidine rings is 1. The Morgan fingerprint density at radius 3 is 1.51 bits per heavy atom. The molecule has 4 aromatic carbocycles. The highest BCUT2D eigenvalue weighted by Crippen LogP contribution is 2.38. The van der Waals surface area contributed by atoms with Crippen LogP contribution in [0.1, 0.15) is 91.9 Å². The van der Waals surface area contributed by atoms with Gasteiger partial charge in [-0.3, -0.25) is 19.4 Å². The largest absolute Gasteiger partial charge is 0.340 e. The maximum Gasteiger partial charge on any atom is 0.245 e. The monoisotopic (exact) mass is 786 g/mol. The standard InChI is InChI=1S/C49H54N8O2/c1-54(2)44(38-14-6-3-7-15-38)48(58)56-30-12-18-42(56)46-50-32-40(52-46)36-24-20-34(21-25-36)35-22-26-37(27-23-35)41-33-51-47(53-41)43-19-13-31-57(43)49(59)45(39-16-8-4-9-17-39)55-28-10-5-11-29-55/h3-4,6-9,14-17,20-27,32-33,42-45H,5,10-13,18-19,28-31H2,1-2H3,(H,50,52)(H,51,53)/t42-,43-,44?,45+/m0/s1. The zero-order valence-electron chi connectivity index (χ0n) is 34.1. The van der Waals surface area contributed by atoms with Gasteiger partial charge in [-0.25, -0.2) is 9.97 Å². The summed E-state index contributed by atoms with van der Waals surface area (Å²) in [5.74, 6) is 1.98. The third-order valence-electron chi connectivity index (χ3n) is 12.6. The van der Waals surface area contributed by atoms with Gasteiger partial charge in [0.1, 0.15) is 23.7 Å². The number of amides is 2. The van der Waals surface area contributed by atoms with Crippen molar-refractivity contribution in [2.24, 2.45) is 0 Å². The number of aromatic nitrogens is 4. The summed E-state index contributed by atoms with van der Waals surface area (Å²) in [7, 11) is 3.93. The minimum atomic E-state index is -0.340. The number of nitrogens with zero attached hydrogens (tertiary/aromatic N) is 6. The fourth-order valence-electron chi connectivity index (χ4n) is 9.55. The predicted molar refractivity (Wildman–Crippen MR) is 232 cm³/mol. The molecule has 3 aliphatic rings. The lowest BCUT2D eigenvalue weighted by atomic mass is 10.00. The second-order valence-corrected chi connectivity index (χ2v) is 16.6. The molecule has 3 aliphatic heterocycles. The van der Waals surface area contributed by atoms with Gasteiger partial charge in [0.2, 0.25) is 11.8 Å². The van der Waals surface area contributed by atoms with Crippen LogP contribution >= 0.6 is 0 Å². The first-order valence-electron chi connectivity index (χ1n) is 21.4. The van der Waals surface area contributed by atoms with E-state index in [1.807, 2.05) is 84.8 Å². The summed E-state index contributed by atoms with van der Waals surface area (Å²) >= 11 is 0. The molecule has 302 valence electrons. The molecule has 4 atom stereocenters. The van der Waals surface area contributed by atoms with E-state index >= 15 is 0 Å². The summed E-state index contributed by atoms with van der Waals surface area (Å²) in [6.07, 6.45) is 11.0. The number of carbonyl (C=O) groups excluding carboxylic acids is 2. The predicted octanol–water partition coefficient (Wildman–Crippen LogP) is 8.99. The van der Waals surface area contributed by atoms with Crippen LogP contribution < -0.4 is 0 Å². The average molecular weight is 787 g/mol. The summed E-state index contributed by atoms with van der Waals surface area (Å²) in [6, 6.07) is 36.7. The molecule has 0 radical (unpaired) electrons. The first kappa shape index (κ1) is 38.7. The maximum atomic E-state index is 14.4. The van der Waals surface area contributed by atoms with E-state index in [1.54, 1.807) is 0 Å². The SMILES string of the molecule is CN(C)C(C(=O)N1CCC[C@H]1c1ncc(-c2ccc(-c3ccc(-c4cnc([C@@H]5CCCN5C(=O)[C@@H](c5ccccc5)N5CCCCC5)[nH]4)cc3)cc2)[nH]1)c1ccccc1. The van der Waals surface area contributed by atoms with E-state index in [9.17, 15) is 9.59 Å². The maximum absolute atomic E-state index is 14.4. The number of imidazole rings is 2. The van der Waals surface area contributed by atoms with Gasteiger partial charge in [-0.15, -0.1) is 0 Å². The van der Waals surface area contributed by atoms with Gasteiger partial charge < -0.3 is 19.8 Å². The lowest BCUT2D eigenvalue weighted by molar-refractivity contribution is -0.139. The Labute approximate surface area is 347 Å². The van der Waals surface area contributed by atoms with E-state index in [1.165, 1.54) is 6.42 Å². The highest BCUT2D eigenvalue weighted by Gasteiger charge is 2.39. The van der Waals surface area contributed by atoms with Crippen molar-refractivity contribution in [1.29, 1.82) is 0 Å². The first-order chi connectivity index (χ1) is 28.9. The van der Waals surface area contributed by atoms with Crippen LogP contribution in [0, 0.1) is 0 Å². The van der Waals surface area contributed by atoms with Crippen molar-refractivity contribution in [2.75, 3.05) is 40.3 Å². The summed E-state index contributed by atoms with van der Waals surface area (Å²) in [5.41, 5.74) is 8.31. The van der Waals surface area contributed by atoms with Crippen LogP contribution in [0.4, 0.5) is 0 Å². The topological polar surface area (TPSA) is 104 Å². The lowest BCUT2D eigenvalue weighted by Gasteiger charge is -2.37. The van der Waals surface area contributed by atoms with Crippen molar-refractivity contribution in [1.82, 2.24) is 39.5 Å². The van der Waals surface area contributed by atoms with Crippen molar-refractivity contribution < 1.29 is 9.59 Å². The molecule has 3 saturated heterocycles. The van der Waals surface area contributed by atoms with Crippen LogP contribution in [-0.2, 0) is 9.59 Å². The molecule has 6 aromatic rings. The van der Waals surface area contributed by atoms with E-state index in [0.717, 1.165) is 121 Å². The number of benzene rings is 4. The van der Waals surface area contributed by atoms with Gasteiger partial charge in [0.05, 0.1) is 35.9 Å². The van der Waals surface area contributed by atoms with E-state index < -0.39 is 0 Å². The Balaban J connectivity index is 0.862. The molecule has 0 saturated carbocycles. The molecule has 9 rings (SSSR count). The molecule has 59 heavy (non-hydrogen) atoms. The summed E-state index contributed by atoms with van der Waals surface area (Å²) in [5, 5.41) is 0. The molecule has 10 heteroatoms. The minimum absolute atomic E-state index is 0.0642. The lowest BCUT2D eigenvalue weighted by Crippen LogP contribution is -2.44. The number of likely N-dealkylation sites (tertiary alicyclic amines) is 3. The Morgan fingerprint density at radius 2 is 1.02 bits per heavy atom. The Bertz CT molecular complexity index is 2330. The molecule has 0 spiro atoms. The van der Waals surface area contributed by atoms with Crippen LogP contribution in [0.5, 0.6) is 0 Å². The molecule has 2 aromatic heterocycles. The number of rotatable bonds is 11. The number of carbonyl (C=O) groups is 2. The quantitative estimate of drug-likeness (QED) is 0.136. The second kappa shape index (κ2) is 17.2. The number of H-pyrrole nitrogens is 2. The van der Waals surface area contributed by atoms with Crippen LogP contribution in [0.25, 0.3) is 33.6 Å². The van der Waals surface area contributed by atoms with Crippen molar-refractivity contribution in [3.05, 3.63) is 144 Å². The number of hydrogen-bond donors (Lipinski definition) is 2. The zero-order chi connectivity index (χ0) is 40.3. The molecule has 5 heterocycles. The number of nitrogens with one attached hydrogen (secondary N) is 2. The number of hydrogen-bond acceptors (Lipinski definition) is 6. The molecule has 1 unspecified atom stereocenters. The first-order valence-corrected chi connectivity index (χ1v) is 21.4. The van der Waals surface area contributed by atoms with Crippen molar-refractivity contribution in [3.63, 3.8) is 0 Å². The molecule has 2 N–H and O–H groups in total. The van der Waals surface area contributed by atoms with Gasteiger partial charge in [0.25, 0.3) is 0 Å². The third-order valence-corrected chi connectivity index (χ3v) is 12.6. The molecule has 10 nitrogen and oxygen atoms in total. The second-order valence-electron chi connectivity index (χ2n) is 16.6. The van der Waals surface area contributed by atoms with Crippen LogP contribution in [0.2, 0.25) is 0 Å². The van der Waals surface area contributed by atoms with Crippen molar-refractivity contribution in [3.8, 4) is 33.6 Å². The van der Waals surface area contributed by atoms with Crippen LogP contribution in [-0.4, -0.2) is 91.6 Å². The molecule has 2 amide bonds. The molecule has 3 fully saturated rings. The average Bonchev–Trinajstić information content (AvgIpc) is 4.12. The fourth-order valence-corrected chi connectivity index (χ4v) is 9.55. The van der Waals surface area contributed by atoms with Crippen LogP contribution in [0.15, 0.2) is 122 Å². The highest BCUT2D eigenvalue weighted by atomic mass is 16.2. The molecular formula is C49H54N8O2. The van der Waals surface area contributed by atoms with Crippen molar-refractivity contribution >= 4 is 11.8 Å². The Hall–Kier alpha value is -5.84. The molecule has 0 bridgehead atoms. The van der Waals surface area contributed by atoms with Crippen molar-refractivity contribution in [2.45, 2.75) is 69.1 Å². The summed E-state index contributed by atoms with van der Waals surface area (Å²) in [6.45, 7) is 3.38. The third kappa shape index (κ3) is 7.99. The zero-order valence-corrected chi connectivity index (χ0v) is 34.1. The van der Waals surface area contributed by atoms with E-state index in [2.05, 4.69) is 80.4 Å². The summed E-state index contributed by atoms with van der Waals surface area (Å²) < 4.78 is 0. The van der Waals surface area contributed by atoms with Gasteiger partial charge in [-0.2, -0.15) is 0 Å². The molecular weight excluding hydrogens is 733 g/mol. The molecule has 0 aliphatic carbocycles. The highest BCUT2D eigenvalue weighted by molar-refractivity contribution is 5.85. The van der Waals surface area contributed by atoms with Crippen LogP contribution in [0.3, 0.4) is 0 Å². The van der Waals surface area contributed by atoms with Gasteiger partial charge >= 0.3 is 0 Å². The smallest absolute Gasteiger partial charge is 0.245 e. The van der Waals surface area contributed by atoms with E-state index in [-0.39, 0.29) is 36.0 Å². The van der Waals surface area contributed by atoms with E-state index in [4.69, 9.17) is 9.97 Å². The van der Waals surface area contributed by atoms with Gasteiger partial charge in [-0.1, -0.05) is 116 Å². The Kier molecular flexibility index (Phi) is 11.3. The number of aromatic amines is 2. The van der Waals surface area contributed by atoms with Gasteiger partial charge in [-0.05, 0) is 99.1 Å². The Morgan fingerprint density at radius 1 is 0.559 bits per heavy atom. The number of likely N-dealkylation sites (N-methyl/N-ethyl adjacent to an activating group) is 1. The normalized spacial score (nSPS) is 19.6. The van der Waals surface area contributed by atoms with E-state index in [0.29, 0.717) is 0 Å². The van der Waals surface area contributed by atoms with Gasteiger partial charge in [0.15, 0.2) is 0 Å². The fraction of sp³-hybridized carbons (Fsp3) is 0.347. The van der Waals surface area contributed by atoms with Gasteiger partial charge in [0, 0.05) is 13.1 Å². The minimum Gasteiger partial charge on any atom is -0.340 e. The summed E-state index contributed by atoms with van der Waals surface area (Å²) in [4.78, 5) is 53.6.